The van der Waals surface area contributed by atoms with Crippen LogP contribution in [0.3, 0.4) is 0 Å². The van der Waals surface area contributed by atoms with E-state index in [4.69, 9.17) is 14.2 Å². The van der Waals surface area contributed by atoms with Gasteiger partial charge in [-0.1, -0.05) is 23.9 Å². The van der Waals surface area contributed by atoms with E-state index in [-0.39, 0.29) is 358 Å². The number of rotatable bonds is 6. The largest absolute Gasteiger partial charge is 0.459 e. The molecule has 10 atom stereocenters. The Balaban J connectivity index is -0.000000540. The molecule has 12 nitrogen and oxygen atoms in total. The summed E-state index contributed by atoms with van der Waals surface area (Å²) in [7, 11) is 0. The second-order valence-corrected chi connectivity index (χ2v) is 9.07. The van der Waals surface area contributed by atoms with Crippen molar-refractivity contribution in [1.82, 2.24) is 4.98 Å². The molecule has 0 spiro atoms. The zero-order valence-electron chi connectivity index (χ0n) is 21.8. The number of nitrogens with one attached hydrogen (secondary N) is 1. The molecule has 2 aromatic rings. The summed E-state index contributed by atoms with van der Waals surface area (Å²) in [5.74, 6) is 0.164. The molecule has 8 radical (unpaired) electrons. The van der Waals surface area contributed by atoms with Crippen molar-refractivity contribution < 1.29 is 408 Å². The van der Waals surface area contributed by atoms with Gasteiger partial charge in [-0.3, -0.25) is 0 Å². The number of H-pyrrole nitrogens is 1. The first-order valence-corrected chi connectivity index (χ1v) is 11.2. The zero-order valence-corrected chi connectivity index (χ0v) is 60.6. The second kappa shape index (κ2) is 30.3. The Labute approximate surface area is 528 Å². The summed E-state index contributed by atoms with van der Waals surface area (Å²) in [5.41, 5.74) is -0.491. The summed E-state index contributed by atoms with van der Waals surface area (Å²) in [6, 6.07) is 6.95. The summed E-state index contributed by atoms with van der Waals surface area (Å²) < 4.78 is 16.9. The molecule has 21 heteroatoms. The summed E-state index contributed by atoms with van der Waals surface area (Å²) in [6.07, 6.45) is -13.1. The van der Waals surface area contributed by atoms with Gasteiger partial charge in [0.1, 0.15) is 59.3 Å². The molecule has 1 aromatic heterocycles. The number of benzene rings is 1. The van der Waals surface area contributed by atoms with Gasteiger partial charge in [-0.25, -0.2) is 0 Å². The van der Waals surface area contributed by atoms with Crippen molar-refractivity contribution in [2.24, 2.45) is 0 Å². The number of aromatic nitrogens is 1. The van der Waals surface area contributed by atoms with Crippen LogP contribution >= 0.6 is 11.8 Å². The van der Waals surface area contributed by atoms with Gasteiger partial charge in [-0.2, -0.15) is 0 Å². The molecule has 0 saturated carbocycles. The van der Waals surface area contributed by atoms with Crippen LogP contribution in [0.2, 0.25) is 0 Å². The minimum atomic E-state index is -1.64. The van der Waals surface area contributed by atoms with Crippen LogP contribution in [0.5, 0.6) is 5.75 Å². The van der Waals surface area contributed by atoms with Gasteiger partial charge < -0.3 is 60.0 Å². The van der Waals surface area contributed by atoms with Crippen molar-refractivity contribution in [2.45, 2.75) is 65.6 Å². The van der Waals surface area contributed by atoms with Crippen LogP contribution in [0.4, 0.5) is 0 Å². The Morgan fingerprint density at radius 3 is 1.68 bits per heavy atom. The van der Waals surface area contributed by atoms with Crippen molar-refractivity contribution in [1.29, 1.82) is 0 Å². The van der Waals surface area contributed by atoms with E-state index in [2.05, 4.69) is 4.98 Å². The fourth-order valence-corrected chi connectivity index (χ4v) is 5.02. The number of aliphatic hydroxyl groups is 8. The van der Waals surface area contributed by atoms with Gasteiger partial charge >= 0.3 is 0 Å². The smallest absolute Gasteiger partial charge is 0.229 e. The fraction of sp³-hybridized carbons (Fsp3) is 0.600. The molecule has 1 aromatic carbocycles. The van der Waals surface area contributed by atoms with Gasteiger partial charge in [0.15, 0.2) is 5.75 Å². The Hall–Kier alpha value is 10.0. The molecule has 2 fully saturated rings. The van der Waals surface area contributed by atoms with E-state index in [9.17, 15) is 40.9 Å². The molecule has 208 valence electrons. The molecular weight excluding hydrogens is 2280 g/mol. The summed E-state index contributed by atoms with van der Waals surface area (Å²) in [5, 5.41) is 80.6. The Morgan fingerprint density at radius 2 is 1.15 bits per heavy atom. The van der Waals surface area contributed by atoms with E-state index in [1.165, 1.54) is 0 Å². The number of hydrogen-bond donors (Lipinski definition) is 9. The standard InChI is InChI=1S/C20H27NO11S.8Ac/c22-5-9-11(24)13(26)15(28)19(30-9)32-17-7-3-1-2-4-8(7)21-18(17)33-20-16(29)14(27)12(25)10(6-23)31-20;;;;;;;;/h1-4,9-16,19-29H,5-6H2;;;;;;;;/t9?,10?,11-,12-,13?,14?,15?,16?,19-,20-;;;;;;;;/m0......../s1. The van der Waals surface area contributed by atoms with E-state index in [1.807, 2.05) is 0 Å². The first-order chi connectivity index (χ1) is 15.8. The monoisotopic (exact) mass is 2310 g/mol. The van der Waals surface area contributed by atoms with Gasteiger partial charge in [-0.15, -0.1) is 0 Å². The average Bonchev–Trinajstić information content (AvgIpc) is 3.16. The third kappa shape index (κ3) is 16.0. The van der Waals surface area contributed by atoms with E-state index in [1.54, 1.807) is 24.3 Å². The van der Waals surface area contributed by atoms with Gasteiger partial charge in [0.25, 0.3) is 0 Å². The van der Waals surface area contributed by atoms with E-state index in [0.29, 0.717) is 15.9 Å². The maximum absolute atomic E-state index is 10.4. The maximum atomic E-state index is 10.4. The molecule has 4 rings (SSSR count). The molecule has 3 heterocycles. The number of fused-ring (bicyclic) bond motifs is 1. The van der Waals surface area contributed by atoms with Crippen LogP contribution < -0.4 is 4.74 Å². The molecule has 0 aliphatic carbocycles. The van der Waals surface area contributed by atoms with Crippen LogP contribution in [0.25, 0.3) is 10.9 Å². The van der Waals surface area contributed by atoms with E-state index in [0.717, 1.165) is 11.8 Å². The normalized spacial score (nSPS) is 31.9. The SMILES string of the molecule is OCC1O[C@@H](Oc2c(S[C@@H]3OC(CO)[C@H](O)C(O)C3O)[nH]c3ccccc23)C(O)C(O)[C@H]1O.[Ac].[Ac].[Ac].[Ac].[Ac].[Ac].[Ac].[Ac]. The van der Waals surface area contributed by atoms with Crippen molar-refractivity contribution in [3.63, 3.8) is 0 Å². The molecular formula is C20H27Ac8NO11S. The summed E-state index contributed by atoms with van der Waals surface area (Å²) in [6.45, 7) is -1.20. The predicted octanol–water partition coefficient (Wildman–Crippen LogP) is -2.76. The first-order valence-electron chi connectivity index (χ1n) is 10.3. The average molecular weight is 2310 g/mol. The van der Waals surface area contributed by atoms with E-state index < -0.39 is 73.8 Å². The molecule has 2 aliphatic heterocycles. The summed E-state index contributed by atoms with van der Waals surface area (Å²) in [4.78, 5) is 3.08. The quantitative estimate of drug-likeness (QED) is 0.145. The Kier molecular flexibility index (Phi) is 44.5. The minimum absolute atomic E-state index is 0. The van der Waals surface area contributed by atoms with Gasteiger partial charge in [0, 0.05) is 358 Å². The third-order valence-electron chi connectivity index (χ3n) is 5.79. The topological polar surface area (TPSA) is 205 Å². The number of aliphatic hydroxyl groups excluding tert-OH is 8. The minimum Gasteiger partial charge on any atom is -0.459 e. The molecule has 0 bridgehead atoms. The van der Waals surface area contributed by atoms with Gasteiger partial charge in [-0.05, 0) is 12.1 Å². The van der Waals surface area contributed by atoms with Crippen molar-refractivity contribution in [3.8, 4) is 5.75 Å². The molecule has 41 heavy (non-hydrogen) atoms. The van der Waals surface area contributed by atoms with Crippen molar-refractivity contribution in [3.05, 3.63) is 24.3 Å². The van der Waals surface area contributed by atoms with Crippen LogP contribution in [-0.4, -0.2) is 120 Å². The predicted molar refractivity (Wildman–Crippen MR) is 112 cm³/mol. The van der Waals surface area contributed by atoms with Crippen molar-refractivity contribution >= 4 is 22.7 Å². The van der Waals surface area contributed by atoms with Crippen LogP contribution in [0.1, 0.15) is 0 Å². The molecule has 9 N–H and O–H groups in total. The zero-order chi connectivity index (χ0) is 23.9. The fourth-order valence-electron chi connectivity index (χ4n) is 3.85. The van der Waals surface area contributed by atoms with Crippen LogP contribution in [-0.2, 0) is 9.47 Å². The number of thioether (sulfide) groups is 1. The third-order valence-corrected chi connectivity index (χ3v) is 6.94. The van der Waals surface area contributed by atoms with Crippen LogP contribution in [0, 0.1) is 352 Å². The Morgan fingerprint density at radius 1 is 0.659 bits per heavy atom. The first kappa shape index (κ1) is 60.3. The molecule has 2 aliphatic rings. The van der Waals surface area contributed by atoms with Gasteiger partial charge in [0.2, 0.25) is 6.29 Å². The summed E-state index contributed by atoms with van der Waals surface area (Å²) >= 11 is 0.914. The van der Waals surface area contributed by atoms with Gasteiger partial charge in [0.05, 0.1) is 18.7 Å². The van der Waals surface area contributed by atoms with E-state index >= 15 is 0 Å². The number of ether oxygens (including phenoxy) is 3. The Bertz CT molecular complexity index is 969. The molecule has 0 amide bonds. The number of hydrogen-bond acceptors (Lipinski definition) is 12. The number of para-hydroxylation sites is 1. The maximum Gasteiger partial charge on any atom is 0.229 e. The second-order valence-electron chi connectivity index (χ2n) is 7.96. The molecule has 6 unspecified atom stereocenters. The van der Waals surface area contributed by atoms with Crippen LogP contribution in [0.15, 0.2) is 29.3 Å². The number of aromatic amines is 1. The van der Waals surface area contributed by atoms with Crippen molar-refractivity contribution in [2.75, 3.05) is 13.2 Å². The molecule has 2 saturated heterocycles.